The number of methoxy groups -OCH3 is 2. The Morgan fingerprint density at radius 3 is 2.38 bits per heavy atom. The maximum Gasteiger partial charge on any atom is 0.264 e. The number of ether oxygens (including phenoxy) is 2. The van der Waals surface area contributed by atoms with Crippen molar-refractivity contribution in [3.63, 3.8) is 0 Å². The van der Waals surface area contributed by atoms with Crippen molar-refractivity contribution < 1.29 is 18.8 Å². The van der Waals surface area contributed by atoms with Crippen molar-refractivity contribution in [2.75, 3.05) is 27.3 Å². The second kappa shape index (κ2) is 7.71. The van der Waals surface area contributed by atoms with E-state index in [1.54, 1.807) is 18.3 Å². The molecule has 8 heteroatoms. The molecule has 0 unspecified atom stereocenters. The number of likely N-dealkylation sites (tertiary alicyclic amines) is 1. The highest BCUT2D eigenvalue weighted by atomic mass is 16.5. The zero-order chi connectivity index (χ0) is 22.4. The molecule has 0 radical (unpaired) electrons. The summed E-state index contributed by atoms with van der Waals surface area (Å²) < 4.78 is 17.7. The molecule has 1 saturated heterocycles. The summed E-state index contributed by atoms with van der Waals surface area (Å²) in [5.41, 5.74) is 1.66. The predicted molar refractivity (Wildman–Crippen MR) is 120 cm³/mol. The van der Waals surface area contributed by atoms with Gasteiger partial charge in [0.1, 0.15) is 0 Å². The number of fused-ring (bicyclic) bond motifs is 2. The summed E-state index contributed by atoms with van der Waals surface area (Å²) >= 11 is 0. The van der Waals surface area contributed by atoms with Crippen molar-refractivity contribution in [3.8, 4) is 17.3 Å². The monoisotopic (exact) mass is 433 g/mol. The summed E-state index contributed by atoms with van der Waals surface area (Å²) in [6, 6.07) is 8.95. The van der Waals surface area contributed by atoms with Crippen molar-refractivity contribution in [2.45, 2.75) is 19.8 Å². The SMILES string of the molecule is COc1cc2c(C(=O)N3CCCC3)cn(-c3noc4ccc(C)cc34)c(=O)c2cc1OC. The van der Waals surface area contributed by atoms with E-state index >= 15 is 0 Å². The normalized spacial score (nSPS) is 13.8. The Bertz CT molecular complexity index is 1410. The summed E-state index contributed by atoms with van der Waals surface area (Å²) in [5, 5.41) is 5.72. The van der Waals surface area contributed by atoms with E-state index in [4.69, 9.17) is 14.0 Å². The summed E-state index contributed by atoms with van der Waals surface area (Å²) in [6.45, 7) is 3.34. The molecule has 8 nitrogen and oxygen atoms in total. The Morgan fingerprint density at radius 2 is 1.69 bits per heavy atom. The quantitative estimate of drug-likeness (QED) is 0.488. The maximum atomic E-state index is 13.6. The molecule has 0 bridgehead atoms. The number of pyridine rings is 1. The lowest BCUT2D eigenvalue weighted by Crippen LogP contribution is -2.30. The summed E-state index contributed by atoms with van der Waals surface area (Å²) in [6.07, 6.45) is 3.50. The van der Waals surface area contributed by atoms with Crippen LogP contribution in [-0.2, 0) is 0 Å². The highest BCUT2D eigenvalue weighted by Crippen LogP contribution is 2.34. The van der Waals surface area contributed by atoms with Crippen molar-refractivity contribution in [3.05, 3.63) is 58.0 Å². The smallest absolute Gasteiger partial charge is 0.264 e. The fourth-order valence-corrected chi connectivity index (χ4v) is 4.30. The molecule has 32 heavy (non-hydrogen) atoms. The molecule has 164 valence electrons. The molecule has 0 saturated carbocycles. The molecule has 1 aliphatic rings. The number of hydrogen-bond donors (Lipinski definition) is 0. The van der Waals surface area contributed by atoms with Gasteiger partial charge in [0, 0.05) is 24.7 Å². The third kappa shape index (κ3) is 3.10. The molecule has 3 heterocycles. The van der Waals surface area contributed by atoms with Gasteiger partial charge in [0.15, 0.2) is 22.9 Å². The number of aromatic nitrogens is 2. The van der Waals surface area contributed by atoms with Gasteiger partial charge in [-0.15, -0.1) is 0 Å². The average Bonchev–Trinajstić information content (AvgIpc) is 3.48. The Balaban J connectivity index is 1.83. The molecule has 1 aliphatic heterocycles. The van der Waals surface area contributed by atoms with E-state index in [1.807, 2.05) is 30.0 Å². The number of benzene rings is 2. The lowest BCUT2D eigenvalue weighted by Gasteiger charge is -2.18. The van der Waals surface area contributed by atoms with Crippen LogP contribution < -0.4 is 15.0 Å². The number of nitrogens with zero attached hydrogens (tertiary/aromatic N) is 3. The second-order valence-electron chi connectivity index (χ2n) is 7.98. The molecule has 2 aromatic carbocycles. The maximum absolute atomic E-state index is 13.6. The van der Waals surface area contributed by atoms with E-state index in [2.05, 4.69) is 5.16 Å². The molecular weight excluding hydrogens is 410 g/mol. The van der Waals surface area contributed by atoms with Crippen LogP contribution in [0.15, 0.2) is 45.8 Å². The minimum Gasteiger partial charge on any atom is -0.493 e. The first-order valence-electron chi connectivity index (χ1n) is 10.5. The first kappa shape index (κ1) is 20.1. The van der Waals surface area contributed by atoms with Crippen LogP contribution in [0.25, 0.3) is 27.6 Å². The molecule has 0 atom stereocenters. The Hall–Kier alpha value is -3.81. The van der Waals surface area contributed by atoms with Gasteiger partial charge in [0.2, 0.25) is 0 Å². The summed E-state index contributed by atoms with van der Waals surface area (Å²) in [4.78, 5) is 28.9. The molecular formula is C24H23N3O5. The van der Waals surface area contributed by atoms with Crippen LogP contribution in [0.4, 0.5) is 0 Å². The Morgan fingerprint density at radius 1 is 1.00 bits per heavy atom. The number of hydrogen-bond acceptors (Lipinski definition) is 6. The largest absolute Gasteiger partial charge is 0.493 e. The Kier molecular flexibility index (Phi) is 4.84. The van der Waals surface area contributed by atoms with E-state index in [9.17, 15) is 9.59 Å². The van der Waals surface area contributed by atoms with Gasteiger partial charge in [0.25, 0.3) is 11.5 Å². The van der Waals surface area contributed by atoms with Gasteiger partial charge in [-0.2, -0.15) is 0 Å². The lowest BCUT2D eigenvalue weighted by molar-refractivity contribution is 0.0794. The van der Waals surface area contributed by atoms with Gasteiger partial charge in [-0.25, -0.2) is 0 Å². The zero-order valence-corrected chi connectivity index (χ0v) is 18.2. The highest BCUT2D eigenvalue weighted by molar-refractivity contribution is 6.07. The predicted octanol–water partition coefficient (Wildman–Crippen LogP) is 3.69. The molecule has 0 N–H and O–H groups in total. The van der Waals surface area contributed by atoms with Crippen molar-refractivity contribution in [1.82, 2.24) is 14.6 Å². The first-order valence-corrected chi connectivity index (χ1v) is 10.5. The van der Waals surface area contributed by atoms with Gasteiger partial charge in [-0.05, 0) is 44.0 Å². The molecule has 1 amide bonds. The van der Waals surface area contributed by atoms with Crippen LogP contribution in [-0.4, -0.2) is 47.8 Å². The number of carbonyl (C=O) groups is 1. The van der Waals surface area contributed by atoms with E-state index in [-0.39, 0.29) is 11.5 Å². The van der Waals surface area contributed by atoms with E-state index in [0.717, 1.165) is 18.4 Å². The number of amides is 1. The molecule has 0 spiro atoms. The van der Waals surface area contributed by atoms with Crippen LogP contribution in [0.2, 0.25) is 0 Å². The lowest BCUT2D eigenvalue weighted by atomic mass is 10.0. The fourth-order valence-electron chi connectivity index (χ4n) is 4.30. The van der Waals surface area contributed by atoms with E-state index < -0.39 is 0 Å². The van der Waals surface area contributed by atoms with Gasteiger partial charge in [0.05, 0.1) is 30.6 Å². The van der Waals surface area contributed by atoms with Crippen molar-refractivity contribution in [2.24, 2.45) is 0 Å². The summed E-state index contributed by atoms with van der Waals surface area (Å²) in [5.74, 6) is 1.09. The van der Waals surface area contributed by atoms with Crippen LogP contribution in [0.5, 0.6) is 11.5 Å². The molecule has 1 fully saturated rings. The Labute approximate surface area is 183 Å². The van der Waals surface area contributed by atoms with Crippen molar-refractivity contribution in [1.29, 1.82) is 0 Å². The standard InChI is InChI=1S/C24H23N3O5/c1-14-6-7-19-17(10-14)22(25-32-19)27-13-18(23(28)26-8-4-5-9-26)15-11-20(30-2)21(31-3)12-16(15)24(27)29/h6-7,10-13H,4-5,8-9H2,1-3H3. The zero-order valence-electron chi connectivity index (χ0n) is 18.2. The number of aryl methyl sites for hydroxylation is 1. The molecule has 4 aromatic rings. The number of rotatable bonds is 4. The summed E-state index contributed by atoms with van der Waals surface area (Å²) in [7, 11) is 3.03. The minimum absolute atomic E-state index is 0.127. The van der Waals surface area contributed by atoms with Gasteiger partial charge < -0.3 is 18.9 Å². The average molecular weight is 433 g/mol. The van der Waals surface area contributed by atoms with Crippen LogP contribution in [0.1, 0.15) is 28.8 Å². The molecule has 5 rings (SSSR count). The molecule has 0 aliphatic carbocycles. The van der Waals surface area contributed by atoms with Crippen molar-refractivity contribution >= 4 is 27.6 Å². The number of carbonyl (C=O) groups excluding carboxylic acids is 1. The first-order chi connectivity index (χ1) is 15.5. The topological polar surface area (TPSA) is 86.8 Å². The molecule has 2 aromatic heterocycles. The van der Waals surface area contributed by atoms with E-state index in [1.165, 1.54) is 18.8 Å². The van der Waals surface area contributed by atoms with Gasteiger partial charge >= 0.3 is 0 Å². The third-order valence-electron chi connectivity index (χ3n) is 5.98. The fraction of sp³-hybridized carbons (Fsp3) is 0.292. The van der Waals surface area contributed by atoms with Gasteiger partial charge in [-0.3, -0.25) is 14.2 Å². The van der Waals surface area contributed by atoms with Crippen LogP contribution in [0, 0.1) is 6.92 Å². The second-order valence-corrected chi connectivity index (χ2v) is 7.98. The minimum atomic E-state index is -0.323. The van der Waals surface area contributed by atoms with Crippen LogP contribution >= 0.6 is 0 Å². The van der Waals surface area contributed by atoms with E-state index in [0.29, 0.717) is 57.7 Å². The third-order valence-corrected chi connectivity index (χ3v) is 5.98. The van der Waals surface area contributed by atoms with Crippen LogP contribution in [0.3, 0.4) is 0 Å². The highest BCUT2D eigenvalue weighted by Gasteiger charge is 2.25. The van der Waals surface area contributed by atoms with Gasteiger partial charge in [-0.1, -0.05) is 16.8 Å².